The summed E-state index contributed by atoms with van der Waals surface area (Å²) in [5, 5.41) is 5.94. The zero-order valence-corrected chi connectivity index (χ0v) is 30.4. The van der Waals surface area contributed by atoms with E-state index in [9.17, 15) is 0 Å². The first-order valence-corrected chi connectivity index (χ1v) is 18.7. The molecule has 0 saturated heterocycles. The summed E-state index contributed by atoms with van der Waals surface area (Å²) in [7, 11) is 0. The van der Waals surface area contributed by atoms with Crippen molar-refractivity contribution in [3.63, 3.8) is 0 Å². The molecular weight excluding hydrogens is 697 g/mol. The van der Waals surface area contributed by atoms with Crippen molar-refractivity contribution in [3.8, 4) is 44.9 Å². The molecule has 0 saturated carbocycles. The molecule has 55 heavy (non-hydrogen) atoms. The van der Waals surface area contributed by atoms with Crippen molar-refractivity contribution in [3.05, 3.63) is 174 Å². The van der Waals surface area contributed by atoms with Crippen LogP contribution in [0.5, 0.6) is 11.5 Å². The third kappa shape index (κ3) is 5.08. The summed E-state index contributed by atoms with van der Waals surface area (Å²) in [5.41, 5.74) is 11.7. The van der Waals surface area contributed by atoms with Gasteiger partial charge < -0.3 is 18.0 Å². The Kier molecular flexibility index (Phi) is 7.06. The number of fused-ring (bicyclic) bond motifs is 8. The highest BCUT2D eigenvalue weighted by atomic mass is 32.1. The molecule has 0 aliphatic rings. The van der Waals surface area contributed by atoms with Gasteiger partial charge in [0.1, 0.15) is 45.0 Å². The Bertz CT molecular complexity index is 3390. The summed E-state index contributed by atoms with van der Waals surface area (Å²) in [5.74, 6) is 1.35. The number of aryl methyl sites for hydroxylation is 1. The van der Waals surface area contributed by atoms with E-state index in [-0.39, 0.29) is 0 Å². The fraction of sp³-hybridized carbons (Fsp3) is 0.0200. The summed E-state index contributed by atoms with van der Waals surface area (Å²) in [6, 6.07) is 55.7. The van der Waals surface area contributed by atoms with Crippen LogP contribution in [0, 0.1) is 11.4 Å². The van der Waals surface area contributed by atoms with Crippen LogP contribution in [0.4, 0.5) is 0 Å². The first kappa shape index (κ1) is 31.6. The van der Waals surface area contributed by atoms with Gasteiger partial charge in [-0.25, -0.2) is 0 Å². The van der Waals surface area contributed by atoms with Gasteiger partial charge in [0.25, 0.3) is 0 Å². The average Bonchev–Trinajstić information content (AvgIpc) is 3.80. The monoisotopic (exact) mass is 726 g/mol. The van der Waals surface area contributed by atoms with Crippen molar-refractivity contribution >= 4 is 78.0 Å². The fourth-order valence-electron chi connectivity index (χ4n) is 7.93. The SMILES string of the molecule is Cc1ccc(-c2cccc3c2oc2ccccc23)cc1Oc1cc(-c2ccccc2)cc2oc3cc(-c4cccc5c4oc4ccccc45)ccc3c(=S)c12. The lowest BCUT2D eigenvalue weighted by Crippen LogP contribution is -1.93. The molecule has 3 heterocycles. The van der Waals surface area contributed by atoms with E-state index in [2.05, 4.69) is 110 Å². The summed E-state index contributed by atoms with van der Waals surface area (Å²) in [6.07, 6.45) is 0. The van der Waals surface area contributed by atoms with Crippen LogP contribution in [0.1, 0.15) is 5.56 Å². The summed E-state index contributed by atoms with van der Waals surface area (Å²) in [6.45, 7) is 2.06. The lowest BCUT2D eigenvalue weighted by atomic mass is 9.99. The molecular formula is C50H30O4S. The zero-order chi connectivity index (χ0) is 36.6. The minimum absolute atomic E-state index is 0.630. The molecule has 5 heteroatoms. The van der Waals surface area contributed by atoms with Crippen molar-refractivity contribution < 1.29 is 18.0 Å². The molecule has 0 amide bonds. The lowest BCUT2D eigenvalue weighted by Gasteiger charge is -2.15. The highest BCUT2D eigenvalue weighted by Gasteiger charge is 2.19. The first-order chi connectivity index (χ1) is 27.1. The summed E-state index contributed by atoms with van der Waals surface area (Å²) in [4.78, 5) is 0. The van der Waals surface area contributed by atoms with Gasteiger partial charge in [0, 0.05) is 38.1 Å². The van der Waals surface area contributed by atoms with Gasteiger partial charge in [-0.05, 0) is 77.2 Å². The first-order valence-electron chi connectivity index (χ1n) is 18.3. The molecule has 3 aromatic heterocycles. The van der Waals surface area contributed by atoms with E-state index in [4.69, 9.17) is 30.2 Å². The standard InChI is InChI=1S/C50H30O4S/c1-29-21-22-31(34-15-9-17-38-36-13-5-7-19-41(36)53-48(34)38)25-43(29)51-45-27-33(30-11-3-2-4-12-30)28-46-47(45)50(55)40-24-23-32(26-44(40)52-46)35-16-10-18-39-37-14-6-8-20-42(37)54-49(35)39/h2-28H,1H3. The van der Waals surface area contributed by atoms with E-state index in [1.165, 1.54) is 0 Å². The Balaban J connectivity index is 1.08. The third-order valence-corrected chi connectivity index (χ3v) is 11.1. The fourth-order valence-corrected chi connectivity index (χ4v) is 8.30. The number of rotatable bonds is 5. The molecule has 11 aromatic rings. The quantitative estimate of drug-likeness (QED) is 0.131. The lowest BCUT2D eigenvalue weighted by molar-refractivity contribution is 0.484. The molecule has 0 aliphatic heterocycles. The van der Waals surface area contributed by atoms with Gasteiger partial charge >= 0.3 is 0 Å². The van der Waals surface area contributed by atoms with Crippen molar-refractivity contribution in [2.75, 3.05) is 0 Å². The van der Waals surface area contributed by atoms with E-state index >= 15 is 0 Å². The number of hydrogen-bond acceptors (Lipinski definition) is 5. The zero-order valence-electron chi connectivity index (χ0n) is 29.6. The highest BCUT2D eigenvalue weighted by Crippen LogP contribution is 2.43. The van der Waals surface area contributed by atoms with E-state index in [0.717, 1.165) is 99.3 Å². The number of furan rings is 2. The van der Waals surface area contributed by atoms with Crippen molar-refractivity contribution in [2.45, 2.75) is 6.92 Å². The van der Waals surface area contributed by atoms with E-state index < -0.39 is 0 Å². The number of benzene rings is 8. The van der Waals surface area contributed by atoms with Crippen LogP contribution in [-0.4, -0.2) is 0 Å². The second-order valence-electron chi connectivity index (χ2n) is 14.0. The maximum atomic E-state index is 6.95. The van der Waals surface area contributed by atoms with Crippen LogP contribution in [0.25, 0.3) is 99.2 Å². The predicted octanol–water partition coefficient (Wildman–Crippen LogP) is 15.2. The van der Waals surface area contributed by atoms with Gasteiger partial charge in [-0.2, -0.15) is 0 Å². The second-order valence-corrected chi connectivity index (χ2v) is 14.4. The number of hydrogen-bond donors (Lipinski definition) is 0. The number of ether oxygens (including phenoxy) is 1. The maximum Gasteiger partial charge on any atom is 0.143 e. The van der Waals surface area contributed by atoms with Crippen LogP contribution < -0.4 is 4.74 Å². The topological polar surface area (TPSA) is 48.7 Å². The molecule has 0 N–H and O–H groups in total. The molecule has 0 radical (unpaired) electrons. The smallest absolute Gasteiger partial charge is 0.143 e. The van der Waals surface area contributed by atoms with Gasteiger partial charge in [0.2, 0.25) is 0 Å². The molecule has 11 rings (SSSR count). The average molecular weight is 727 g/mol. The minimum atomic E-state index is 0.630. The van der Waals surface area contributed by atoms with Gasteiger partial charge in [-0.1, -0.05) is 134 Å². The van der Waals surface area contributed by atoms with Crippen molar-refractivity contribution in [2.24, 2.45) is 0 Å². The Morgan fingerprint density at radius 1 is 0.400 bits per heavy atom. The summed E-state index contributed by atoms with van der Waals surface area (Å²) >= 11 is 6.29. The largest absolute Gasteiger partial charge is 0.456 e. The third-order valence-electron chi connectivity index (χ3n) is 10.7. The Morgan fingerprint density at radius 3 is 1.65 bits per heavy atom. The van der Waals surface area contributed by atoms with E-state index in [1.807, 2.05) is 60.7 Å². The molecule has 0 bridgehead atoms. The molecule has 0 unspecified atom stereocenters. The molecule has 8 aromatic carbocycles. The van der Waals surface area contributed by atoms with Gasteiger partial charge in [-0.15, -0.1) is 0 Å². The molecule has 0 fully saturated rings. The Morgan fingerprint density at radius 2 is 0.964 bits per heavy atom. The Hall–Kier alpha value is -6.95. The van der Waals surface area contributed by atoms with Crippen molar-refractivity contribution in [1.29, 1.82) is 0 Å². The van der Waals surface area contributed by atoms with Crippen molar-refractivity contribution in [1.82, 2.24) is 0 Å². The molecule has 0 atom stereocenters. The van der Waals surface area contributed by atoms with Crippen LogP contribution in [0.3, 0.4) is 0 Å². The maximum absolute atomic E-state index is 6.95. The molecule has 0 spiro atoms. The molecule has 0 aliphatic carbocycles. The molecule has 4 nitrogen and oxygen atoms in total. The van der Waals surface area contributed by atoms with Gasteiger partial charge in [-0.3, -0.25) is 0 Å². The van der Waals surface area contributed by atoms with Crippen LogP contribution in [0.15, 0.2) is 177 Å². The van der Waals surface area contributed by atoms with E-state index in [1.54, 1.807) is 0 Å². The summed E-state index contributed by atoms with van der Waals surface area (Å²) < 4.78 is 27.2. The van der Waals surface area contributed by atoms with E-state index in [0.29, 0.717) is 21.4 Å². The second kappa shape index (κ2) is 12.3. The van der Waals surface area contributed by atoms with Gasteiger partial charge in [0.05, 0.1) is 9.90 Å². The molecule has 260 valence electrons. The van der Waals surface area contributed by atoms with Crippen LogP contribution >= 0.6 is 12.2 Å². The minimum Gasteiger partial charge on any atom is -0.456 e. The van der Waals surface area contributed by atoms with Gasteiger partial charge in [0.15, 0.2) is 0 Å². The van der Waals surface area contributed by atoms with Crippen LogP contribution in [-0.2, 0) is 0 Å². The highest BCUT2D eigenvalue weighted by molar-refractivity contribution is 7.72. The predicted molar refractivity (Wildman–Crippen MR) is 227 cm³/mol. The normalized spacial score (nSPS) is 11.8. The number of para-hydroxylation sites is 4. The van der Waals surface area contributed by atoms with Crippen LogP contribution in [0.2, 0.25) is 0 Å². The Labute approximate surface area is 320 Å².